The van der Waals surface area contributed by atoms with E-state index in [1.165, 1.54) is 68.3 Å². The third kappa shape index (κ3) is 16.3. The summed E-state index contributed by atoms with van der Waals surface area (Å²) in [5.74, 6) is -0.405. The highest BCUT2D eigenvalue weighted by Crippen LogP contribution is 2.58. The largest absolute Gasteiger partial charge is 0.465 e. The standard InChI is InChI=1S/C135H110N8O2/c1-75-65-80(6)116(81(7)66-75)130-106-55-49-100(136-106)121(101-50-56-107(137-101)131(117-82(8)67-76(2)68-83(117)9)109-58-54-105(141-109)123(104-53-57-108(130)140-104)96-45-47-99(48-46-96)135(144)145-16)94-37-41-97(42-38-94)128-126(92-33-25-19-26-34-92)124(90-29-21-17-22-30-90)125(91-31-23-18-24-32-91)127(93-35-27-20-28-36-93)129(128)98-43-39-95(40-44-98)122-102-51-59-110(138-102)132(118-84(10)69-77(3)70-85(118)11)112-61-63-114(142-112)134(120-88(14)73-79(5)74-89(120)15)115-64-62-113(143-115)133(111-60-52-103(122)139-111)119-86(12)71-78(4)72-87(119)13/h17-74,136,138,141,143H,1-16H3. The predicted molar refractivity (Wildman–Crippen MR) is 610 cm³/mol. The minimum absolute atomic E-state index is 0.405. The zero-order chi connectivity index (χ0) is 99.6. The number of aromatic nitrogens is 8. The van der Waals surface area contributed by atoms with Gasteiger partial charge in [-0.25, -0.2) is 24.7 Å². The van der Waals surface area contributed by atoms with Crippen LogP contribution in [0.1, 0.15) is 139 Å². The number of methoxy groups -OCH3 is 1. The molecule has 0 aliphatic carbocycles. The van der Waals surface area contributed by atoms with Crippen molar-refractivity contribution in [3.8, 4) is 156 Å². The summed E-state index contributed by atoms with van der Waals surface area (Å²) in [7, 11) is 1.41. The van der Waals surface area contributed by atoms with Crippen molar-refractivity contribution in [3.63, 3.8) is 0 Å². The van der Waals surface area contributed by atoms with Gasteiger partial charge in [0, 0.05) is 88.6 Å². The van der Waals surface area contributed by atoms with Crippen molar-refractivity contribution in [1.29, 1.82) is 0 Å². The molecule has 0 amide bonds. The van der Waals surface area contributed by atoms with Gasteiger partial charge >= 0.3 is 5.97 Å². The molecule has 0 spiro atoms. The molecule has 10 heteroatoms. The Morgan fingerprint density at radius 2 is 0.331 bits per heavy atom. The molecule has 4 aliphatic rings. The molecule has 0 fully saturated rings. The van der Waals surface area contributed by atoms with Gasteiger partial charge in [0.1, 0.15) is 0 Å². The number of aryl methyl sites for hydroxylation is 15. The fraction of sp³-hybridized carbons (Fsp3) is 0.119. The number of H-pyrrole nitrogens is 4. The van der Waals surface area contributed by atoms with E-state index < -0.39 is 5.97 Å². The van der Waals surface area contributed by atoms with Gasteiger partial charge in [0.05, 0.1) is 58.2 Å². The van der Waals surface area contributed by atoms with E-state index in [1.807, 2.05) is 24.3 Å². The minimum Gasteiger partial charge on any atom is -0.465 e. The lowest BCUT2D eigenvalue weighted by Crippen LogP contribution is -2.02. The van der Waals surface area contributed by atoms with Crippen molar-refractivity contribution < 1.29 is 9.53 Å². The molecule has 10 nitrogen and oxygen atoms in total. The topological polar surface area (TPSA) is 141 Å². The summed E-state index contributed by atoms with van der Waals surface area (Å²) in [5.41, 5.74) is 60.9. The maximum absolute atomic E-state index is 13.1. The number of carbonyl (C=O) groups is 1. The van der Waals surface area contributed by atoms with E-state index in [4.69, 9.17) is 24.7 Å². The van der Waals surface area contributed by atoms with Gasteiger partial charge in [0.15, 0.2) is 0 Å². The second-order valence-corrected chi connectivity index (χ2v) is 39.8. The third-order valence-electron chi connectivity index (χ3n) is 29.4. The number of nitrogens with one attached hydrogen (secondary N) is 4. The summed E-state index contributed by atoms with van der Waals surface area (Å²) in [6, 6.07) is 111. The smallest absolute Gasteiger partial charge is 0.337 e. The van der Waals surface area contributed by atoms with Crippen LogP contribution in [0.3, 0.4) is 0 Å². The predicted octanol–water partition coefficient (Wildman–Crippen LogP) is 35.4. The number of hydrogen-bond acceptors (Lipinski definition) is 6. The van der Waals surface area contributed by atoms with Crippen molar-refractivity contribution >= 4 is 98.7 Å². The molecule has 4 aliphatic heterocycles. The highest BCUT2D eigenvalue weighted by molar-refractivity contribution is 6.16. The summed E-state index contributed by atoms with van der Waals surface area (Å²) in [6.45, 7) is 33.1. The number of hydrogen-bond donors (Lipinski definition) is 4. The van der Waals surface area contributed by atoms with Crippen molar-refractivity contribution in [2.45, 2.75) is 104 Å². The molecule has 13 aromatic carbocycles. The number of esters is 1. The number of rotatable bonds is 15. The quantitative estimate of drug-likeness (QED) is 0.0754. The molecule has 23 rings (SSSR count). The van der Waals surface area contributed by atoms with Crippen LogP contribution in [-0.4, -0.2) is 53.0 Å². The first kappa shape index (κ1) is 91.3. The first-order chi connectivity index (χ1) is 70.4. The first-order valence-corrected chi connectivity index (χ1v) is 50.0. The highest BCUT2D eigenvalue weighted by Gasteiger charge is 2.33. The Balaban J connectivity index is 0.803. The van der Waals surface area contributed by atoms with Gasteiger partial charge in [-0.3, -0.25) is 0 Å². The van der Waals surface area contributed by atoms with Crippen molar-refractivity contribution in [2.75, 3.05) is 7.11 Å². The number of carbonyl (C=O) groups excluding carboxylic acids is 1. The molecule has 0 radical (unpaired) electrons. The normalized spacial score (nSPS) is 12.1. The van der Waals surface area contributed by atoms with Crippen LogP contribution in [0.5, 0.6) is 0 Å². The zero-order valence-corrected chi connectivity index (χ0v) is 84.6. The van der Waals surface area contributed by atoms with Crippen LogP contribution >= 0.6 is 0 Å². The third-order valence-corrected chi connectivity index (χ3v) is 29.4. The Kier molecular flexibility index (Phi) is 23.2. The van der Waals surface area contributed by atoms with Crippen molar-refractivity contribution in [2.24, 2.45) is 0 Å². The van der Waals surface area contributed by atoms with E-state index in [1.54, 1.807) is 0 Å². The van der Waals surface area contributed by atoms with Gasteiger partial charge in [0.2, 0.25) is 0 Å². The first-order valence-electron chi connectivity index (χ1n) is 50.0. The summed E-state index contributed by atoms with van der Waals surface area (Å²) in [6.07, 6.45) is 17.6. The molecule has 10 heterocycles. The number of nitrogens with zero attached hydrogens (tertiary/aromatic N) is 4. The Morgan fingerprint density at radius 3 is 0.510 bits per heavy atom. The van der Waals surface area contributed by atoms with E-state index >= 15 is 0 Å². The fourth-order valence-electron chi connectivity index (χ4n) is 23.9. The van der Waals surface area contributed by atoms with Crippen molar-refractivity contribution in [1.82, 2.24) is 39.9 Å². The fourth-order valence-corrected chi connectivity index (χ4v) is 23.9. The SMILES string of the molecule is COC(=O)c1ccc(-c2c3nc(c(-c4c(C)cc(C)cc4C)c4ccc([nH]4)c(-c4ccc(-c5c(-c6ccccc6)c(-c6ccccc6)c(-c6ccccc6)c(-c6ccccc6)c5-c5ccc(-c6c7nc(c(-c8c(C)cc(C)cc8C)c8ccc([nH]8)c(-c8c(C)cc(C)cc8C)c8nc(c(-c9c(C)cc(C)cc9C)c9ccc6[nH]9)C=C8)C=C7)cc5)cc4)c4nc(c(-c5c(C)cc(C)cc5C)c5ccc2[nH]5)C=C4)C=C3)cc1. The van der Waals surface area contributed by atoms with Crippen LogP contribution in [0.4, 0.5) is 0 Å². The van der Waals surface area contributed by atoms with E-state index in [2.05, 4.69) is 451 Å². The lowest BCUT2D eigenvalue weighted by Gasteiger charge is -2.29. The highest BCUT2D eigenvalue weighted by atomic mass is 16.5. The molecule has 0 atom stereocenters. The molecule has 16 bridgehead atoms. The molecule has 702 valence electrons. The number of ether oxygens (including phenoxy) is 1. The van der Waals surface area contributed by atoms with Gasteiger partial charge in [-0.2, -0.15) is 0 Å². The van der Waals surface area contributed by atoms with Gasteiger partial charge in [0.25, 0.3) is 0 Å². The van der Waals surface area contributed by atoms with Crippen LogP contribution < -0.4 is 0 Å². The van der Waals surface area contributed by atoms with Crippen LogP contribution in [0.2, 0.25) is 0 Å². The molecule has 0 saturated carbocycles. The van der Waals surface area contributed by atoms with E-state index in [0.29, 0.717) is 5.56 Å². The average molecular weight is 1880 g/mol. The number of benzene rings is 13. The Labute approximate surface area is 846 Å². The van der Waals surface area contributed by atoms with Gasteiger partial charge in [-0.1, -0.05) is 270 Å². The second kappa shape index (κ2) is 36.9. The van der Waals surface area contributed by atoms with Gasteiger partial charge < -0.3 is 24.7 Å². The van der Waals surface area contributed by atoms with Gasteiger partial charge in [-0.05, 0) is 380 Å². The van der Waals surface area contributed by atoms with Crippen LogP contribution in [0, 0.1) is 104 Å². The Morgan fingerprint density at radius 1 is 0.179 bits per heavy atom. The molecule has 0 unspecified atom stereocenters. The maximum Gasteiger partial charge on any atom is 0.337 e. The van der Waals surface area contributed by atoms with E-state index in [9.17, 15) is 4.79 Å². The van der Waals surface area contributed by atoms with E-state index in [-0.39, 0.29) is 0 Å². The Bertz CT molecular complexity index is 8790. The molecular weight excluding hydrogens is 1770 g/mol. The molecule has 6 aromatic heterocycles. The molecule has 0 saturated heterocycles. The molecule has 4 N–H and O–H groups in total. The van der Waals surface area contributed by atoms with Crippen LogP contribution in [0.25, 0.3) is 249 Å². The second-order valence-electron chi connectivity index (χ2n) is 39.8. The van der Waals surface area contributed by atoms with Gasteiger partial charge in [-0.15, -0.1) is 0 Å². The minimum atomic E-state index is -0.405. The van der Waals surface area contributed by atoms with E-state index in [0.717, 1.165) is 268 Å². The lowest BCUT2D eigenvalue weighted by atomic mass is 9.74. The monoisotopic (exact) mass is 1870 g/mol. The number of fused-ring (bicyclic) bond motifs is 16. The number of aromatic amines is 4. The molecule has 145 heavy (non-hydrogen) atoms. The molecular formula is C135H110N8O2. The van der Waals surface area contributed by atoms with Crippen molar-refractivity contribution in [3.05, 3.63) is 438 Å². The maximum atomic E-state index is 13.1. The lowest BCUT2D eigenvalue weighted by molar-refractivity contribution is 0.0600. The van der Waals surface area contributed by atoms with Crippen LogP contribution in [-0.2, 0) is 4.74 Å². The zero-order valence-electron chi connectivity index (χ0n) is 84.6. The summed E-state index contributed by atoms with van der Waals surface area (Å²) in [4.78, 5) is 53.0. The average Bonchev–Trinajstić information content (AvgIpc) is 1.61. The van der Waals surface area contributed by atoms with Crippen LogP contribution in [0.15, 0.2) is 303 Å². The Hall–Kier alpha value is -17.5. The summed E-state index contributed by atoms with van der Waals surface area (Å²) >= 11 is 0. The summed E-state index contributed by atoms with van der Waals surface area (Å²) in [5, 5.41) is 0. The molecule has 19 aromatic rings. The summed E-state index contributed by atoms with van der Waals surface area (Å²) < 4.78 is 5.22.